The van der Waals surface area contributed by atoms with Gasteiger partial charge in [0.1, 0.15) is 4.90 Å². The number of halogens is 1. The van der Waals surface area contributed by atoms with Crippen molar-refractivity contribution in [3.63, 3.8) is 0 Å². The molecule has 8 heteroatoms. The summed E-state index contributed by atoms with van der Waals surface area (Å²) in [4.78, 5) is 3.98. The number of pyridine rings is 1. The molecule has 2 fully saturated rings. The fraction of sp³-hybridized carbons (Fsp3) is 0.545. The molecule has 0 radical (unpaired) electrons. The van der Waals surface area contributed by atoms with Crippen molar-refractivity contribution >= 4 is 26.0 Å². The van der Waals surface area contributed by atoms with Gasteiger partial charge in [0.25, 0.3) is 0 Å². The molecule has 0 amide bonds. The molecule has 19 heavy (non-hydrogen) atoms. The van der Waals surface area contributed by atoms with Gasteiger partial charge in [0.05, 0.1) is 12.1 Å². The van der Waals surface area contributed by atoms with Gasteiger partial charge in [-0.25, -0.2) is 13.1 Å². The van der Waals surface area contributed by atoms with Gasteiger partial charge in [-0.2, -0.15) is 0 Å². The van der Waals surface area contributed by atoms with E-state index in [4.69, 9.17) is 10.5 Å². The Kier molecular flexibility index (Phi) is 3.38. The Bertz CT molecular complexity index is 595. The number of nitrogens with one attached hydrogen (secondary N) is 1. The smallest absolute Gasteiger partial charge is 0.242 e. The molecule has 0 aromatic carbocycles. The molecule has 2 aliphatic rings. The van der Waals surface area contributed by atoms with Crippen LogP contribution in [0.1, 0.15) is 6.42 Å². The molecule has 1 saturated heterocycles. The van der Waals surface area contributed by atoms with Gasteiger partial charge in [-0.15, -0.1) is 0 Å². The lowest BCUT2D eigenvalue weighted by atomic mass is 9.73. The minimum absolute atomic E-state index is 0.0927. The van der Waals surface area contributed by atoms with Crippen LogP contribution >= 0.6 is 15.9 Å². The normalized spacial score (nSPS) is 33.8. The van der Waals surface area contributed by atoms with Crippen molar-refractivity contribution in [3.05, 3.63) is 22.9 Å². The second-order valence-corrected chi connectivity index (χ2v) is 7.48. The maximum absolute atomic E-state index is 12.2. The van der Waals surface area contributed by atoms with E-state index in [0.29, 0.717) is 11.1 Å². The van der Waals surface area contributed by atoms with Crippen molar-refractivity contribution in [2.24, 2.45) is 11.7 Å². The first kappa shape index (κ1) is 13.4. The number of hydrogen-bond acceptors (Lipinski definition) is 5. The van der Waals surface area contributed by atoms with Crippen molar-refractivity contribution in [3.8, 4) is 0 Å². The SMILES string of the molecule is NC1C2CCOC2C1NS(=O)(=O)c1cncc(Br)c1. The monoisotopic (exact) mass is 347 g/mol. The fourth-order valence-corrected chi connectivity index (χ4v) is 4.47. The summed E-state index contributed by atoms with van der Waals surface area (Å²) >= 11 is 3.20. The van der Waals surface area contributed by atoms with Crippen molar-refractivity contribution in [2.75, 3.05) is 6.61 Å². The van der Waals surface area contributed by atoms with Crippen LogP contribution in [-0.4, -0.2) is 38.2 Å². The number of fused-ring (bicyclic) bond motifs is 1. The van der Waals surface area contributed by atoms with Crippen molar-refractivity contribution in [1.29, 1.82) is 0 Å². The molecule has 4 unspecified atom stereocenters. The molecule has 3 rings (SSSR count). The molecule has 2 heterocycles. The van der Waals surface area contributed by atoms with Gasteiger partial charge in [-0.3, -0.25) is 4.98 Å². The Morgan fingerprint density at radius 2 is 2.26 bits per heavy atom. The van der Waals surface area contributed by atoms with Crippen LogP contribution in [0.3, 0.4) is 0 Å². The largest absolute Gasteiger partial charge is 0.376 e. The quantitative estimate of drug-likeness (QED) is 0.816. The third kappa shape index (κ3) is 2.31. The molecule has 3 N–H and O–H groups in total. The number of rotatable bonds is 3. The lowest BCUT2D eigenvalue weighted by Crippen LogP contribution is -2.68. The molecule has 1 aliphatic carbocycles. The van der Waals surface area contributed by atoms with E-state index in [1.165, 1.54) is 18.5 Å². The highest BCUT2D eigenvalue weighted by Gasteiger charge is 2.53. The number of nitrogens with zero attached hydrogens (tertiary/aromatic N) is 1. The summed E-state index contributed by atoms with van der Waals surface area (Å²) in [5, 5.41) is 0. The zero-order chi connectivity index (χ0) is 13.6. The molecule has 0 bridgehead atoms. The zero-order valence-electron chi connectivity index (χ0n) is 9.99. The summed E-state index contributed by atoms with van der Waals surface area (Å²) in [5.41, 5.74) is 5.99. The average molecular weight is 348 g/mol. The molecule has 1 saturated carbocycles. The molecular weight excluding hydrogens is 334 g/mol. The molecule has 1 aromatic heterocycles. The van der Waals surface area contributed by atoms with Crippen molar-refractivity contribution in [2.45, 2.75) is 29.5 Å². The Hall–Kier alpha value is -0.540. The summed E-state index contributed by atoms with van der Waals surface area (Å²) in [6, 6.07) is 0.978. The molecule has 6 nitrogen and oxygen atoms in total. The van der Waals surface area contributed by atoms with E-state index < -0.39 is 10.0 Å². The minimum Gasteiger partial charge on any atom is -0.376 e. The van der Waals surface area contributed by atoms with E-state index in [2.05, 4.69) is 25.6 Å². The first-order valence-corrected chi connectivity index (χ1v) is 8.27. The van der Waals surface area contributed by atoms with Crippen LogP contribution in [-0.2, 0) is 14.8 Å². The average Bonchev–Trinajstić information content (AvgIpc) is 2.81. The summed E-state index contributed by atoms with van der Waals surface area (Å²) < 4.78 is 33.2. The summed E-state index contributed by atoms with van der Waals surface area (Å²) in [5.74, 6) is 0.272. The van der Waals surface area contributed by atoms with Crippen LogP contribution in [0.15, 0.2) is 27.8 Å². The standard InChI is InChI=1S/C11H14BrN3O3S/c12-6-3-7(5-14-4-6)19(16,17)15-10-9(13)8-1-2-18-11(8)10/h3-5,8-11,15H,1-2,13H2. The second kappa shape index (κ2) is 4.78. The highest BCUT2D eigenvalue weighted by molar-refractivity contribution is 9.10. The first-order chi connectivity index (χ1) is 8.99. The number of ether oxygens (including phenoxy) is 1. The lowest BCUT2D eigenvalue weighted by Gasteiger charge is -2.45. The first-order valence-electron chi connectivity index (χ1n) is 5.99. The van der Waals surface area contributed by atoms with Crippen LogP contribution in [0.5, 0.6) is 0 Å². The molecule has 104 valence electrons. The van der Waals surface area contributed by atoms with Gasteiger partial charge in [0.2, 0.25) is 10.0 Å². The minimum atomic E-state index is -3.62. The van der Waals surface area contributed by atoms with Gasteiger partial charge in [0, 0.05) is 35.4 Å². The Balaban J connectivity index is 1.79. The zero-order valence-corrected chi connectivity index (χ0v) is 12.4. The summed E-state index contributed by atoms with van der Waals surface area (Å²) in [7, 11) is -3.62. The van der Waals surface area contributed by atoms with Gasteiger partial charge in [-0.05, 0) is 28.4 Å². The van der Waals surface area contributed by atoms with Crippen molar-refractivity contribution in [1.82, 2.24) is 9.71 Å². The Morgan fingerprint density at radius 1 is 1.47 bits per heavy atom. The van der Waals surface area contributed by atoms with Crippen molar-refractivity contribution < 1.29 is 13.2 Å². The van der Waals surface area contributed by atoms with E-state index in [0.717, 1.165) is 6.42 Å². The van der Waals surface area contributed by atoms with Crippen LogP contribution in [0.25, 0.3) is 0 Å². The summed E-state index contributed by atoms with van der Waals surface area (Å²) in [6.45, 7) is 0.652. The highest BCUT2D eigenvalue weighted by Crippen LogP contribution is 2.38. The van der Waals surface area contributed by atoms with E-state index in [1.807, 2.05) is 0 Å². The second-order valence-electron chi connectivity index (χ2n) is 4.85. The predicted octanol–water partition coefficient (Wildman–Crippen LogP) is 0.237. The topological polar surface area (TPSA) is 94.3 Å². The number of hydrogen-bond donors (Lipinski definition) is 2. The maximum Gasteiger partial charge on any atom is 0.242 e. The van der Waals surface area contributed by atoms with E-state index in [9.17, 15) is 8.42 Å². The van der Waals surface area contributed by atoms with Crippen LogP contribution in [0.2, 0.25) is 0 Å². The molecule has 0 spiro atoms. The molecule has 1 aliphatic heterocycles. The Morgan fingerprint density at radius 3 is 3.00 bits per heavy atom. The van der Waals surface area contributed by atoms with Gasteiger partial charge >= 0.3 is 0 Å². The lowest BCUT2D eigenvalue weighted by molar-refractivity contribution is -0.00924. The molecule has 1 aromatic rings. The third-order valence-corrected chi connectivity index (χ3v) is 5.59. The summed E-state index contributed by atoms with van der Waals surface area (Å²) in [6.07, 6.45) is 3.65. The van der Waals surface area contributed by atoms with Crippen LogP contribution in [0, 0.1) is 5.92 Å². The third-order valence-electron chi connectivity index (χ3n) is 3.73. The van der Waals surface area contributed by atoms with Gasteiger partial charge in [0.15, 0.2) is 0 Å². The number of aromatic nitrogens is 1. The number of nitrogens with two attached hydrogens (primary N) is 1. The highest BCUT2D eigenvalue weighted by atomic mass is 79.9. The van der Waals surface area contributed by atoms with Gasteiger partial charge < -0.3 is 10.5 Å². The van der Waals surface area contributed by atoms with E-state index >= 15 is 0 Å². The van der Waals surface area contributed by atoms with E-state index in [1.54, 1.807) is 0 Å². The van der Waals surface area contributed by atoms with E-state index in [-0.39, 0.29) is 29.0 Å². The van der Waals surface area contributed by atoms with Gasteiger partial charge in [-0.1, -0.05) is 0 Å². The van der Waals surface area contributed by atoms with Crippen LogP contribution < -0.4 is 10.5 Å². The molecular formula is C11H14BrN3O3S. The number of sulfonamides is 1. The molecule has 4 atom stereocenters. The predicted molar refractivity (Wildman–Crippen MR) is 71.9 cm³/mol. The Labute approximate surface area is 119 Å². The van der Waals surface area contributed by atoms with Crippen LogP contribution in [0.4, 0.5) is 0 Å². The fourth-order valence-electron chi connectivity index (χ4n) is 2.68. The maximum atomic E-state index is 12.2.